The molecule has 0 aliphatic heterocycles. The van der Waals surface area contributed by atoms with E-state index in [1.54, 1.807) is 12.1 Å². The Labute approximate surface area is 125 Å². The molecule has 112 valence electrons. The predicted molar refractivity (Wildman–Crippen MR) is 80.5 cm³/mol. The number of hydrogen-bond donors (Lipinski definition) is 2. The second-order valence-electron chi connectivity index (χ2n) is 5.40. The quantitative estimate of drug-likeness (QED) is 0.848. The van der Waals surface area contributed by atoms with E-state index < -0.39 is 6.04 Å². The van der Waals surface area contributed by atoms with Gasteiger partial charge in [0.05, 0.1) is 6.04 Å². The van der Waals surface area contributed by atoms with E-state index in [4.69, 9.17) is 5.73 Å². The summed E-state index contributed by atoms with van der Waals surface area (Å²) in [4.78, 5) is 11.8. The van der Waals surface area contributed by atoms with Crippen LogP contribution in [0.25, 0.3) is 0 Å². The molecule has 1 aliphatic rings. The first kappa shape index (κ1) is 16.9. The van der Waals surface area contributed by atoms with Crippen LogP contribution in [0.4, 0.5) is 4.39 Å². The number of hydrogen-bond acceptors (Lipinski definition) is 2. The lowest BCUT2D eigenvalue weighted by Gasteiger charge is -2.18. The molecule has 3 N–H and O–H groups in total. The summed E-state index contributed by atoms with van der Waals surface area (Å²) in [5, 5.41) is 2.90. The minimum absolute atomic E-state index is 0. The standard InChI is InChI=1S/C15H21FN2O.ClH/c1-2-4-13(17)14(19)18-10-15(7-8-15)11-5-3-6-12(16)9-11;/h3,5-6,9,13H,2,4,7-8,10,17H2,1H3,(H,18,19);1H. The first-order chi connectivity index (χ1) is 9.07. The van der Waals surface area contributed by atoms with Crippen LogP contribution in [-0.4, -0.2) is 18.5 Å². The lowest BCUT2D eigenvalue weighted by atomic mass is 9.95. The average molecular weight is 301 g/mol. The van der Waals surface area contributed by atoms with Crippen LogP contribution in [0.2, 0.25) is 0 Å². The van der Waals surface area contributed by atoms with E-state index in [9.17, 15) is 9.18 Å². The molecular formula is C15H22ClFN2O. The van der Waals surface area contributed by atoms with Gasteiger partial charge in [0.1, 0.15) is 5.82 Å². The maximum atomic E-state index is 13.2. The molecule has 0 bridgehead atoms. The van der Waals surface area contributed by atoms with Crippen molar-refractivity contribution in [3.63, 3.8) is 0 Å². The summed E-state index contributed by atoms with van der Waals surface area (Å²) in [5.41, 5.74) is 6.66. The second kappa shape index (κ2) is 7.04. The summed E-state index contributed by atoms with van der Waals surface area (Å²) >= 11 is 0. The van der Waals surface area contributed by atoms with E-state index in [-0.39, 0.29) is 29.5 Å². The number of nitrogens with two attached hydrogens (primary N) is 1. The van der Waals surface area contributed by atoms with Gasteiger partial charge in [-0.25, -0.2) is 4.39 Å². The summed E-state index contributed by atoms with van der Waals surface area (Å²) in [6, 6.07) is 6.21. The van der Waals surface area contributed by atoms with Gasteiger partial charge in [0, 0.05) is 12.0 Å². The van der Waals surface area contributed by atoms with E-state index in [0.717, 1.165) is 24.8 Å². The van der Waals surface area contributed by atoms with Crippen molar-refractivity contribution < 1.29 is 9.18 Å². The first-order valence-corrected chi connectivity index (χ1v) is 6.87. The molecule has 1 saturated carbocycles. The Morgan fingerprint density at radius 1 is 1.50 bits per heavy atom. The van der Waals surface area contributed by atoms with Crippen LogP contribution in [-0.2, 0) is 10.2 Å². The molecule has 1 aromatic carbocycles. The lowest BCUT2D eigenvalue weighted by molar-refractivity contribution is -0.122. The molecule has 0 heterocycles. The second-order valence-corrected chi connectivity index (χ2v) is 5.40. The van der Waals surface area contributed by atoms with Crippen LogP contribution in [0.3, 0.4) is 0 Å². The summed E-state index contributed by atoms with van der Waals surface area (Å²) in [7, 11) is 0. The minimum Gasteiger partial charge on any atom is -0.354 e. The van der Waals surface area contributed by atoms with Gasteiger partial charge in [-0.3, -0.25) is 4.79 Å². The Balaban J connectivity index is 0.00000200. The molecule has 0 aromatic heterocycles. The molecule has 1 atom stereocenters. The van der Waals surface area contributed by atoms with Gasteiger partial charge < -0.3 is 11.1 Å². The fraction of sp³-hybridized carbons (Fsp3) is 0.533. The van der Waals surface area contributed by atoms with Gasteiger partial charge in [-0.15, -0.1) is 12.4 Å². The van der Waals surface area contributed by atoms with Crippen LogP contribution in [0, 0.1) is 5.82 Å². The number of amides is 1. The molecule has 1 fully saturated rings. The van der Waals surface area contributed by atoms with Gasteiger partial charge in [0.25, 0.3) is 0 Å². The molecule has 2 rings (SSSR count). The smallest absolute Gasteiger partial charge is 0.236 e. The van der Waals surface area contributed by atoms with Gasteiger partial charge in [-0.2, -0.15) is 0 Å². The van der Waals surface area contributed by atoms with Crippen molar-refractivity contribution in [3.8, 4) is 0 Å². The zero-order valence-electron chi connectivity index (χ0n) is 11.7. The maximum Gasteiger partial charge on any atom is 0.236 e. The monoisotopic (exact) mass is 300 g/mol. The topological polar surface area (TPSA) is 55.1 Å². The molecule has 1 aliphatic carbocycles. The largest absolute Gasteiger partial charge is 0.354 e. The molecule has 20 heavy (non-hydrogen) atoms. The molecule has 1 aromatic rings. The third-order valence-electron chi connectivity index (χ3n) is 3.83. The third kappa shape index (κ3) is 3.93. The fourth-order valence-corrected chi connectivity index (χ4v) is 2.37. The van der Waals surface area contributed by atoms with Crippen molar-refractivity contribution in [3.05, 3.63) is 35.6 Å². The number of halogens is 2. The summed E-state index contributed by atoms with van der Waals surface area (Å²) in [6.07, 6.45) is 3.56. The van der Waals surface area contributed by atoms with Crippen molar-refractivity contribution >= 4 is 18.3 Å². The number of carbonyl (C=O) groups is 1. The van der Waals surface area contributed by atoms with Crippen molar-refractivity contribution in [2.75, 3.05) is 6.54 Å². The van der Waals surface area contributed by atoms with Gasteiger partial charge >= 0.3 is 0 Å². The van der Waals surface area contributed by atoms with Crippen molar-refractivity contribution in [2.24, 2.45) is 5.73 Å². The molecule has 0 radical (unpaired) electrons. The van der Waals surface area contributed by atoms with E-state index in [2.05, 4.69) is 5.32 Å². The highest BCUT2D eigenvalue weighted by atomic mass is 35.5. The Bertz CT molecular complexity index is 463. The van der Waals surface area contributed by atoms with Crippen LogP contribution in [0.5, 0.6) is 0 Å². The SMILES string of the molecule is CCCC(N)C(=O)NCC1(c2cccc(F)c2)CC1.Cl. The van der Waals surface area contributed by atoms with Crippen molar-refractivity contribution in [1.29, 1.82) is 0 Å². The Morgan fingerprint density at radius 3 is 2.75 bits per heavy atom. The van der Waals surface area contributed by atoms with Crippen LogP contribution in [0.1, 0.15) is 38.2 Å². The van der Waals surface area contributed by atoms with Crippen molar-refractivity contribution in [1.82, 2.24) is 5.32 Å². The van der Waals surface area contributed by atoms with Crippen molar-refractivity contribution in [2.45, 2.75) is 44.1 Å². The maximum absolute atomic E-state index is 13.2. The van der Waals surface area contributed by atoms with E-state index in [1.165, 1.54) is 6.07 Å². The number of benzene rings is 1. The number of nitrogens with one attached hydrogen (secondary N) is 1. The van der Waals surface area contributed by atoms with Gasteiger partial charge in [-0.1, -0.05) is 25.5 Å². The van der Waals surface area contributed by atoms with E-state index >= 15 is 0 Å². The number of rotatable bonds is 6. The predicted octanol–water partition coefficient (Wildman–Crippen LogP) is 2.52. The Hall–Kier alpha value is -1.13. The Kier molecular flexibility index (Phi) is 5.96. The Morgan fingerprint density at radius 2 is 2.20 bits per heavy atom. The lowest BCUT2D eigenvalue weighted by Crippen LogP contribution is -2.43. The third-order valence-corrected chi connectivity index (χ3v) is 3.83. The molecule has 1 amide bonds. The molecular weight excluding hydrogens is 279 g/mol. The fourth-order valence-electron chi connectivity index (χ4n) is 2.37. The van der Waals surface area contributed by atoms with Gasteiger partial charge in [0.2, 0.25) is 5.91 Å². The molecule has 5 heteroatoms. The zero-order valence-corrected chi connectivity index (χ0v) is 12.5. The molecule has 0 spiro atoms. The zero-order chi connectivity index (χ0) is 13.9. The van der Waals surface area contributed by atoms with Gasteiger partial charge in [-0.05, 0) is 37.0 Å². The highest BCUT2D eigenvalue weighted by Gasteiger charge is 2.44. The number of carbonyl (C=O) groups excluding carboxylic acids is 1. The highest BCUT2D eigenvalue weighted by Crippen LogP contribution is 2.47. The highest BCUT2D eigenvalue weighted by molar-refractivity contribution is 5.85. The van der Waals surface area contributed by atoms with Crippen LogP contribution >= 0.6 is 12.4 Å². The average Bonchev–Trinajstić information content (AvgIpc) is 3.17. The minimum atomic E-state index is -0.437. The summed E-state index contributed by atoms with van der Waals surface area (Å²) < 4.78 is 13.2. The first-order valence-electron chi connectivity index (χ1n) is 6.87. The summed E-state index contributed by atoms with van der Waals surface area (Å²) in [5.74, 6) is -0.331. The summed E-state index contributed by atoms with van der Waals surface area (Å²) in [6.45, 7) is 2.55. The molecule has 0 saturated heterocycles. The normalized spacial score (nSPS) is 16.9. The van der Waals surface area contributed by atoms with Gasteiger partial charge in [0.15, 0.2) is 0 Å². The van der Waals surface area contributed by atoms with E-state index in [1.807, 2.05) is 13.0 Å². The van der Waals surface area contributed by atoms with Crippen LogP contribution < -0.4 is 11.1 Å². The molecule has 1 unspecified atom stereocenters. The molecule has 3 nitrogen and oxygen atoms in total. The van der Waals surface area contributed by atoms with E-state index in [0.29, 0.717) is 13.0 Å². The van der Waals surface area contributed by atoms with Crippen LogP contribution in [0.15, 0.2) is 24.3 Å².